The highest BCUT2D eigenvalue weighted by Crippen LogP contribution is 2.30. The van der Waals surface area contributed by atoms with Gasteiger partial charge in [-0.1, -0.05) is 0 Å². The summed E-state index contributed by atoms with van der Waals surface area (Å²) in [5.74, 6) is -0.746. The number of aliphatic hydroxyl groups excluding tert-OH is 2. The lowest BCUT2D eigenvalue weighted by atomic mass is 9.80. The second kappa shape index (κ2) is 4.92. The molecule has 1 fully saturated rings. The van der Waals surface area contributed by atoms with Gasteiger partial charge in [-0.25, -0.2) is 0 Å². The molecule has 1 aliphatic rings. The van der Waals surface area contributed by atoms with Crippen molar-refractivity contribution in [1.82, 2.24) is 4.90 Å². The quantitative estimate of drug-likeness (QED) is 0.593. The Morgan fingerprint density at radius 3 is 2.40 bits per heavy atom. The van der Waals surface area contributed by atoms with Gasteiger partial charge >= 0.3 is 5.97 Å². The minimum Gasteiger partial charge on any atom is -0.481 e. The molecule has 15 heavy (non-hydrogen) atoms. The Kier molecular flexibility index (Phi) is 4.07. The molecule has 0 aromatic carbocycles. The molecule has 5 nitrogen and oxygen atoms in total. The molecule has 0 spiro atoms. The molecule has 1 unspecified atom stereocenters. The number of likely N-dealkylation sites (tertiary alicyclic amines) is 1. The first-order valence-electron chi connectivity index (χ1n) is 5.22. The van der Waals surface area contributed by atoms with E-state index in [4.69, 9.17) is 10.2 Å². The molecule has 0 aromatic rings. The van der Waals surface area contributed by atoms with Crippen molar-refractivity contribution in [2.75, 3.05) is 26.2 Å². The van der Waals surface area contributed by atoms with Gasteiger partial charge in [-0.05, 0) is 32.9 Å². The zero-order valence-corrected chi connectivity index (χ0v) is 9.02. The summed E-state index contributed by atoms with van der Waals surface area (Å²) < 4.78 is 0. The Bertz CT molecular complexity index is 223. The van der Waals surface area contributed by atoms with Crippen LogP contribution in [0.25, 0.3) is 0 Å². The number of nitrogens with zero attached hydrogens (tertiary/aromatic N) is 1. The van der Waals surface area contributed by atoms with Gasteiger partial charge in [-0.2, -0.15) is 0 Å². The summed E-state index contributed by atoms with van der Waals surface area (Å²) in [4.78, 5) is 12.9. The monoisotopic (exact) mass is 217 g/mol. The summed E-state index contributed by atoms with van der Waals surface area (Å²) in [6, 6.07) is 0. The van der Waals surface area contributed by atoms with Crippen molar-refractivity contribution < 1.29 is 20.1 Å². The SMILES string of the molecule is CC1(C(=O)O)CCN(CC(O)CO)CC1. The van der Waals surface area contributed by atoms with Gasteiger partial charge in [-0.15, -0.1) is 0 Å². The predicted octanol–water partition coefficient (Wildman–Crippen LogP) is -0.474. The van der Waals surface area contributed by atoms with E-state index in [1.54, 1.807) is 6.92 Å². The number of carbonyl (C=O) groups is 1. The first kappa shape index (κ1) is 12.4. The molecule has 3 N–H and O–H groups in total. The van der Waals surface area contributed by atoms with E-state index < -0.39 is 17.5 Å². The molecule has 88 valence electrons. The third-order valence-corrected chi connectivity index (χ3v) is 3.16. The Labute approximate surface area is 89.3 Å². The first-order chi connectivity index (χ1) is 6.98. The average molecular weight is 217 g/mol. The molecule has 0 bridgehead atoms. The minimum absolute atomic E-state index is 0.243. The van der Waals surface area contributed by atoms with Crippen LogP contribution in [0.3, 0.4) is 0 Å². The van der Waals surface area contributed by atoms with Crippen molar-refractivity contribution >= 4 is 5.97 Å². The van der Waals surface area contributed by atoms with Crippen LogP contribution in [0.5, 0.6) is 0 Å². The molecule has 0 saturated carbocycles. The van der Waals surface area contributed by atoms with E-state index >= 15 is 0 Å². The van der Waals surface area contributed by atoms with Crippen LogP contribution in [0, 0.1) is 5.41 Å². The number of carboxylic acid groups (broad SMARTS) is 1. The number of carboxylic acids is 1. The number of piperidine rings is 1. The van der Waals surface area contributed by atoms with Crippen molar-refractivity contribution in [3.05, 3.63) is 0 Å². The van der Waals surface area contributed by atoms with E-state index in [1.165, 1.54) is 0 Å². The van der Waals surface area contributed by atoms with Crippen LogP contribution in [0.2, 0.25) is 0 Å². The largest absolute Gasteiger partial charge is 0.481 e. The van der Waals surface area contributed by atoms with Gasteiger partial charge in [0.25, 0.3) is 0 Å². The number of β-amino-alcohol motifs (C(OH)–C–C–N with tert-alkyl or cyclic N) is 1. The maximum Gasteiger partial charge on any atom is 0.309 e. The number of aliphatic carboxylic acids is 1. The topological polar surface area (TPSA) is 81.0 Å². The smallest absolute Gasteiger partial charge is 0.309 e. The number of hydrogen-bond acceptors (Lipinski definition) is 4. The Morgan fingerprint density at radius 2 is 2.00 bits per heavy atom. The van der Waals surface area contributed by atoms with Gasteiger partial charge in [0.05, 0.1) is 18.1 Å². The van der Waals surface area contributed by atoms with Crippen molar-refractivity contribution in [3.63, 3.8) is 0 Å². The standard InChI is InChI=1S/C10H19NO4/c1-10(9(14)15)2-4-11(5-3-10)6-8(13)7-12/h8,12-13H,2-7H2,1H3,(H,14,15). The molecule has 0 aromatic heterocycles. The Morgan fingerprint density at radius 1 is 1.47 bits per heavy atom. The van der Waals surface area contributed by atoms with Crippen LogP contribution >= 0.6 is 0 Å². The van der Waals surface area contributed by atoms with E-state index in [-0.39, 0.29) is 6.61 Å². The third kappa shape index (κ3) is 3.15. The van der Waals surface area contributed by atoms with E-state index in [0.717, 1.165) is 0 Å². The van der Waals surface area contributed by atoms with Crippen LogP contribution in [0.1, 0.15) is 19.8 Å². The molecular formula is C10H19NO4. The summed E-state index contributed by atoms with van der Waals surface area (Å²) >= 11 is 0. The first-order valence-corrected chi connectivity index (χ1v) is 5.22. The van der Waals surface area contributed by atoms with E-state index in [2.05, 4.69) is 0 Å². The summed E-state index contributed by atoms with van der Waals surface area (Å²) in [5, 5.41) is 26.9. The summed E-state index contributed by atoms with van der Waals surface area (Å²) in [5.41, 5.74) is -0.624. The van der Waals surface area contributed by atoms with Crippen LogP contribution in [0.15, 0.2) is 0 Å². The zero-order chi connectivity index (χ0) is 11.5. The summed E-state index contributed by atoms with van der Waals surface area (Å²) in [7, 11) is 0. The van der Waals surface area contributed by atoms with Gasteiger partial charge < -0.3 is 20.2 Å². The average Bonchev–Trinajstić information content (AvgIpc) is 2.21. The van der Waals surface area contributed by atoms with Crippen molar-refractivity contribution in [2.24, 2.45) is 5.41 Å². The van der Waals surface area contributed by atoms with Crippen molar-refractivity contribution in [2.45, 2.75) is 25.9 Å². The normalized spacial score (nSPS) is 23.7. The van der Waals surface area contributed by atoms with Gasteiger partial charge in [0.15, 0.2) is 0 Å². The predicted molar refractivity (Wildman–Crippen MR) is 54.5 cm³/mol. The number of aliphatic hydroxyl groups is 2. The maximum absolute atomic E-state index is 11.0. The lowest BCUT2D eigenvalue weighted by Gasteiger charge is -2.37. The minimum atomic E-state index is -0.746. The van der Waals surface area contributed by atoms with E-state index in [1.807, 2.05) is 4.90 Å². The van der Waals surface area contributed by atoms with Gasteiger partial charge in [0, 0.05) is 6.54 Å². The van der Waals surface area contributed by atoms with Gasteiger partial charge in [-0.3, -0.25) is 4.79 Å². The van der Waals surface area contributed by atoms with Crippen LogP contribution in [0.4, 0.5) is 0 Å². The molecule has 5 heteroatoms. The Hall–Kier alpha value is -0.650. The van der Waals surface area contributed by atoms with Gasteiger partial charge in [0.2, 0.25) is 0 Å². The Balaban J connectivity index is 2.39. The molecule has 0 amide bonds. The summed E-state index contributed by atoms with van der Waals surface area (Å²) in [6.45, 7) is 3.27. The molecule has 0 aliphatic carbocycles. The highest BCUT2D eigenvalue weighted by molar-refractivity contribution is 5.74. The highest BCUT2D eigenvalue weighted by atomic mass is 16.4. The fourth-order valence-electron chi connectivity index (χ4n) is 1.80. The zero-order valence-electron chi connectivity index (χ0n) is 9.02. The second-order valence-electron chi connectivity index (χ2n) is 4.50. The fraction of sp³-hybridized carbons (Fsp3) is 0.900. The maximum atomic E-state index is 11.0. The number of rotatable bonds is 4. The van der Waals surface area contributed by atoms with Crippen LogP contribution in [-0.2, 0) is 4.79 Å². The fourth-order valence-corrected chi connectivity index (χ4v) is 1.80. The van der Waals surface area contributed by atoms with Gasteiger partial charge in [0.1, 0.15) is 0 Å². The third-order valence-electron chi connectivity index (χ3n) is 3.16. The van der Waals surface area contributed by atoms with Crippen molar-refractivity contribution in [3.8, 4) is 0 Å². The van der Waals surface area contributed by atoms with E-state index in [9.17, 15) is 9.90 Å². The molecule has 1 heterocycles. The number of hydrogen-bond donors (Lipinski definition) is 3. The molecule has 1 aliphatic heterocycles. The molecule has 1 rings (SSSR count). The molecule has 0 radical (unpaired) electrons. The summed E-state index contributed by atoms with van der Waals surface area (Å²) in [6.07, 6.45) is 0.472. The molecule has 1 saturated heterocycles. The lowest BCUT2D eigenvalue weighted by Crippen LogP contribution is -2.45. The van der Waals surface area contributed by atoms with E-state index in [0.29, 0.717) is 32.5 Å². The molecular weight excluding hydrogens is 198 g/mol. The lowest BCUT2D eigenvalue weighted by molar-refractivity contribution is -0.150. The second-order valence-corrected chi connectivity index (χ2v) is 4.50. The molecule has 1 atom stereocenters. The highest BCUT2D eigenvalue weighted by Gasteiger charge is 2.36. The van der Waals surface area contributed by atoms with Crippen molar-refractivity contribution in [1.29, 1.82) is 0 Å². The van der Waals surface area contributed by atoms with Crippen LogP contribution in [-0.4, -0.2) is 58.5 Å². The van der Waals surface area contributed by atoms with Crippen LogP contribution < -0.4 is 0 Å².